The maximum absolute atomic E-state index is 12.8. The number of carbonyl (C=O) groups is 1. The van der Waals surface area contributed by atoms with Crippen LogP contribution in [0.1, 0.15) is 34.3 Å². The van der Waals surface area contributed by atoms with E-state index in [2.05, 4.69) is 26.7 Å². The molecule has 4 aromatic rings. The number of rotatable bonds is 3. The molecule has 1 N–H and O–H groups in total. The zero-order valence-corrected chi connectivity index (χ0v) is 15.3. The first-order chi connectivity index (χ1) is 13.8. The smallest absolute Gasteiger partial charge is 0.255 e. The monoisotopic (exact) mass is 369 g/mol. The van der Waals surface area contributed by atoms with Gasteiger partial charge in [-0.1, -0.05) is 17.3 Å². The van der Waals surface area contributed by atoms with Crippen LogP contribution >= 0.6 is 0 Å². The molecule has 2 aromatic heterocycles. The fraction of sp³-hybridized carbons (Fsp3) is 0.182. The van der Waals surface area contributed by atoms with Gasteiger partial charge in [0.1, 0.15) is 5.52 Å². The molecule has 6 heteroatoms. The lowest BCUT2D eigenvalue weighted by atomic mass is 9.90. The van der Waals surface area contributed by atoms with Gasteiger partial charge < -0.3 is 5.32 Å². The Kier molecular flexibility index (Phi) is 4.09. The van der Waals surface area contributed by atoms with E-state index in [9.17, 15) is 4.79 Å². The first-order valence-electron chi connectivity index (χ1n) is 9.48. The molecule has 0 spiro atoms. The van der Waals surface area contributed by atoms with Gasteiger partial charge in [0.05, 0.1) is 5.69 Å². The van der Waals surface area contributed by atoms with Crippen LogP contribution in [0.2, 0.25) is 0 Å². The standard InChI is InChI=1S/C22H19N5O/c28-22(24-19-8-3-6-15-5-1-2-7-18(15)19)16-10-12-17(13-11-16)27-21-20(25-26-27)9-4-14-23-21/h3-4,6,8-14H,1-2,5,7H2,(H,24,28). The number of amides is 1. The molecule has 0 radical (unpaired) electrons. The highest BCUT2D eigenvalue weighted by Gasteiger charge is 2.15. The van der Waals surface area contributed by atoms with Gasteiger partial charge in [0.25, 0.3) is 5.91 Å². The number of nitrogens with zero attached hydrogens (tertiary/aromatic N) is 4. The van der Waals surface area contributed by atoms with Crippen LogP contribution in [0.5, 0.6) is 0 Å². The summed E-state index contributed by atoms with van der Waals surface area (Å²) in [4.78, 5) is 17.1. The van der Waals surface area contributed by atoms with Gasteiger partial charge in [-0.25, -0.2) is 4.98 Å². The van der Waals surface area contributed by atoms with Gasteiger partial charge in [0.2, 0.25) is 0 Å². The van der Waals surface area contributed by atoms with Crippen LogP contribution in [-0.2, 0) is 12.8 Å². The number of fused-ring (bicyclic) bond motifs is 2. The molecule has 0 unspecified atom stereocenters. The molecular formula is C22H19N5O. The highest BCUT2D eigenvalue weighted by atomic mass is 16.1. The molecular weight excluding hydrogens is 350 g/mol. The lowest BCUT2D eigenvalue weighted by Gasteiger charge is -2.19. The quantitative estimate of drug-likeness (QED) is 0.593. The van der Waals surface area contributed by atoms with Gasteiger partial charge in [-0.05, 0) is 79.3 Å². The van der Waals surface area contributed by atoms with Crippen molar-refractivity contribution in [3.8, 4) is 5.69 Å². The van der Waals surface area contributed by atoms with Crippen molar-refractivity contribution in [2.24, 2.45) is 0 Å². The zero-order chi connectivity index (χ0) is 18.9. The SMILES string of the molecule is O=C(Nc1cccc2c1CCCC2)c1ccc(-n2nnc3cccnc32)cc1. The minimum atomic E-state index is -0.105. The topological polar surface area (TPSA) is 72.7 Å². The van der Waals surface area contributed by atoms with E-state index in [1.54, 1.807) is 23.0 Å². The normalized spacial score (nSPS) is 13.3. The third-order valence-corrected chi connectivity index (χ3v) is 5.23. The van der Waals surface area contributed by atoms with Crippen LogP contribution in [0.4, 0.5) is 5.69 Å². The van der Waals surface area contributed by atoms with E-state index in [1.165, 1.54) is 24.0 Å². The van der Waals surface area contributed by atoms with Gasteiger partial charge in [-0.3, -0.25) is 4.79 Å². The number of nitrogens with one attached hydrogen (secondary N) is 1. The summed E-state index contributed by atoms with van der Waals surface area (Å²) in [6.07, 6.45) is 6.22. The number of pyridine rings is 1. The van der Waals surface area contributed by atoms with Crippen molar-refractivity contribution in [1.82, 2.24) is 20.0 Å². The Morgan fingerprint density at radius 2 is 1.82 bits per heavy atom. The molecule has 6 nitrogen and oxygen atoms in total. The fourth-order valence-corrected chi connectivity index (χ4v) is 3.79. The van der Waals surface area contributed by atoms with E-state index in [1.807, 2.05) is 36.4 Å². The molecule has 1 amide bonds. The van der Waals surface area contributed by atoms with E-state index in [-0.39, 0.29) is 5.91 Å². The molecule has 0 saturated heterocycles. The molecule has 0 fully saturated rings. The van der Waals surface area contributed by atoms with E-state index in [0.29, 0.717) is 11.2 Å². The average Bonchev–Trinajstić information content (AvgIpc) is 3.18. The minimum absolute atomic E-state index is 0.105. The van der Waals surface area contributed by atoms with Crippen LogP contribution < -0.4 is 5.32 Å². The van der Waals surface area contributed by atoms with Gasteiger partial charge in [-0.2, -0.15) is 4.68 Å². The summed E-state index contributed by atoms with van der Waals surface area (Å²) in [5.41, 5.74) is 6.40. The lowest BCUT2D eigenvalue weighted by Crippen LogP contribution is -2.15. The maximum Gasteiger partial charge on any atom is 0.255 e. The summed E-state index contributed by atoms with van der Waals surface area (Å²) < 4.78 is 1.67. The van der Waals surface area contributed by atoms with E-state index >= 15 is 0 Å². The largest absolute Gasteiger partial charge is 0.322 e. The van der Waals surface area contributed by atoms with Gasteiger partial charge in [0.15, 0.2) is 5.65 Å². The average molecular weight is 369 g/mol. The number of benzene rings is 2. The lowest BCUT2D eigenvalue weighted by molar-refractivity contribution is 0.102. The maximum atomic E-state index is 12.8. The zero-order valence-electron chi connectivity index (χ0n) is 15.3. The summed E-state index contributed by atoms with van der Waals surface area (Å²) in [7, 11) is 0. The molecule has 0 aliphatic heterocycles. The van der Waals surface area contributed by atoms with E-state index in [0.717, 1.165) is 29.7 Å². The van der Waals surface area contributed by atoms with Crippen LogP contribution in [0, 0.1) is 0 Å². The molecule has 0 atom stereocenters. The van der Waals surface area contributed by atoms with E-state index in [4.69, 9.17) is 0 Å². The summed E-state index contributed by atoms with van der Waals surface area (Å²) in [5.74, 6) is -0.105. The first kappa shape index (κ1) is 16.6. The Balaban J connectivity index is 1.40. The Labute approximate surface area is 162 Å². The summed E-state index contributed by atoms with van der Waals surface area (Å²) in [6, 6.07) is 17.2. The third kappa shape index (κ3) is 2.93. The highest BCUT2D eigenvalue weighted by molar-refractivity contribution is 6.04. The number of carbonyl (C=O) groups excluding carboxylic acids is 1. The molecule has 0 bridgehead atoms. The molecule has 138 valence electrons. The number of hydrogen-bond acceptors (Lipinski definition) is 4. The predicted octanol–water partition coefficient (Wildman–Crippen LogP) is 3.95. The molecule has 28 heavy (non-hydrogen) atoms. The van der Waals surface area contributed by atoms with Crippen LogP contribution in [0.3, 0.4) is 0 Å². The number of anilines is 1. The third-order valence-electron chi connectivity index (χ3n) is 5.23. The molecule has 5 rings (SSSR count). The molecule has 1 aliphatic rings. The highest BCUT2D eigenvalue weighted by Crippen LogP contribution is 2.28. The van der Waals surface area contributed by atoms with Gasteiger partial charge >= 0.3 is 0 Å². The fourth-order valence-electron chi connectivity index (χ4n) is 3.79. The minimum Gasteiger partial charge on any atom is -0.322 e. The second-order valence-electron chi connectivity index (χ2n) is 7.00. The van der Waals surface area contributed by atoms with Crippen molar-refractivity contribution < 1.29 is 4.79 Å². The Morgan fingerprint density at radius 1 is 0.964 bits per heavy atom. The Hall–Kier alpha value is -3.54. The van der Waals surface area contributed by atoms with Gasteiger partial charge in [-0.15, -0.1) is 5.10 Å². The number of aryl methyl sites for hydroxylation is 1. The second kappa shape index (κ2) is 6.88. The summed E-state index contributed by atoms with van der Waals surface area (Å²) in [5, 5.41) is 11.4. The van der Waals surface area contributed by atoms with Crippen molar-refractivity contribution in [3.63, 3.8) is 0 Å². The molecule has 2 heterocycles. The molecule has 0 saturated carbocycles. The van der Waals surface area contributed by atoms with Crippen LogP contribution in [0.15, 0.2) is 60.8 Å². The van der Waals surface area contributed by atoms with Crippen molar-refractivity contribution in [1.29, 1.82) is 0 Å². The van der Waals surface area contributed by atoms with Crippen molar-refractivity contribution in [2.45, 2.75) is 25.7 Å². The van der Waals surface area contributed by atoms with Gasteiger partial charge in [0, 0.05) is 17.4 Å². The predicted molar refractivity (Wildman–Crippen MR) is 108 cm³/mol. The van der Waals surface area contributed by atoms with Crippen molar-refractivity contribution in [2.75, 3.05) is 5.32 Å². The van der Waals surface area contributed by atoms with Crippen LogP contribution in [-0.4, -0.2) is 25.9 Å². The molecule has 2 aromatic carbocycles. The molecule has 1 aliphatic carbocycles. The Morgan fingerprint density at radius 3 is 2.71 bits per heavy atom. The Bertz CT molecular complexity index is 1160. The first-order valence-corrected chi connectivity index (χ1v) is 9.48. The van der Waals surface area contributed by atoms with E-state index < -0.39 is 0 Å². The van der Waals surface area contributed by atoms with Crippen molar-refractivity contribution >= 4 is 22.8 Å². The van der Waals surface area contributed by atoms with Crippen LogP contribution in [0.25, 0.3) is 16.9 Å². The van der Waals surface area contributed by atoms with Crippen molar-refractivity contribution in [3.05, 3.63) is 77.5 Å². The summed E-state index contributed by atoms with van der Waals surface area (Å²) in [6.45, 7) is 0. The second-order valence-corrected chi connectivity index (χ2v) is 7.00. The number of aromatic nitrogens is 4. The number of hydrogen-bond donors (Lipinski definition) is 1. The summed E-state index contributed by atoms with van der Waals surface area (Å²) >= 11 is 0.